The number of aliphatic hydroxyl groups excluding tert-OH is 1. The number of amides is 1. The summed E-state index contributed by atoms with van der Waals surface area (Å²) in [7, 11) is 0. The largest absolute Gasteiger partial charge is 0.391 e. The van der Waals surface area contributed by atoms with Crippen LogP contribution in [0.4, 0.5) is 0 Å². The van der Waals surface area contributed by atoms with E-state index in [2.05, 4.69) is 15.6 Å². The lowest BCUT2D eigenvalue weighted by atomic mass is 10.1. The third kappa shape index (κ3) is 4.95. The molecule has 0 radical (unpaired) electrons. The summed E-state index contributed by atoms with van der Waals surface area (Å²) in [5.41, 5.74) is 1.44. The number of pyridine rings is 1. The van der Waals surface area contributed by atoms with Crippen LogP contribution < -0.4 is 10.6 Å². The third-order valence-electron chi connectivity index (χ3n) is 3.00. The van der Waals surface area contributed by atoms with E-state index in [1.165, 1.54) is 0 Å². The van der Waals surface area contributed by atoms with Gasteiger partial charge in [-0.25, -0.2) is 0 Å². The Balaban J connectivity index is 0.00000162. The Morgan fingerprint density at radius 1 is 1.47 bits per heavy atom. The molecule has 0 bridgehead atoms. The Labute approximate surface area is 125 Å². The van der Waals surface area contributed by atoms with Crippen LogP contribution in [0.3, 0.4) is 0 Å². The molecule has 0 spiro atoms. The highest BCUT2D eigenvalue weighted by molar-refractivity contribution is 5.93. The zero-order chi connectivity index (χ0) is 12.3. The van der Waals surface area contributed by atoms with Crippen LogP contribution in [0.15, 0.2) is 18.3 Å². The Morgan fingerprint density at radius 3 is 2.74 bits per heavy atom. The molecule has 1 aliphatic rings. The van der Waals surface area contributed by atoms with Crippen molar-refractivity contribution in [3.63, 3.8) is 0 Å². The molecule has 7 heteroatoms. The summed E-state index contributed by atoms with van der Waals surface area (Å²) in [6, 6.07) is 3.56. The van der Waals surface area contributed by atoms with Crippen molar-refractivity contribution in [3.05, 3.63) is 29.6 Å². The number of carbonyl (C=O) groups excluding carboxylic acids is 1. The van der Waals surface area contributed by atoms with Crippen molar-refractivity contribution < 1.29 is 9.90 Å². The summed E-state index contributed by atoms with van der Waals surface area (Å²) in [5.74, 6) is -0.0473. The zero-order valence-corrected chi connectivity index (χ0v) is 12.3. The molecule has 2 unspecified atom stereocenters. The number of β-amino-alcohol motifs (C(OH)–C–C–N with tert-alkyl or cyclic N) is 1. The van der Waals surface area contributed by atoms with Gasteiger partial charge in [-0.05, 0) is 19.1 Å². The van der Waals surface area contributed by atoms with Gasteiger partial charge in [-0.2, -0.15) is 0 Å². The quantitative estimate of drug-likeness (QED) is 0.762. The van der Waals surface area contributed by atoms with E-state index in [4.69, 9.17) is 0 Å². The first-order valence-corrected chi connectivity index (χ1v) is 5.76. The molecule has 1 fully saturated rings. The second-order valence-corrected chi connectivity index (χ2v) is 4.38. The summed E-state index contributed by atoms with van der Waals surface area (Å²) in [6.45, 7) is 3.71. The maximum absolute atomic E-state index is 11.8. The predicted octanol–water partition coefficient (Wildman–Crippen LogP) is 0.544. The lowest BCUT2D eigenvalue weighted by Crippen LogP contribution is -2.34. The van der Waals surface area contributed by atoms with Crippen molar-refractivity contribution in [1.82, 2.24) is 15.6 Å². The van der Waals surface area contributed by atoms with Crippen molar-refractivity contribution in [3.8, 4) is 0 Å². The molecule has 1 aromatic heterocycles. The van der Waals surface area contributed by atoms with Crippen molar-refractivity contribution in [2.45, 2.75) is 13.0 Å². The number of halogens is 2. The highest BCUT2D eigenvalue weighted by Crippen LogP contribution is 2.07. The van der Waals surface area contributed by atoms with Crippen LogP contribution in [0.1, 0.15) is 16.1 Å². The Bertz CT molecular complexity index is 400. The highest BCUT2D eigenvalue weighted by Gasteiger charge is 2.25. The van der Waals surface area contributed by atoms with Crippen molar-refractivity contribution >= 4 is 30.7 Å². The molecule has 5 nitrogen and oxygen atoms in total. The predicted molar refractivity (Wildman–Crippen MR) is 78.2 cm³/mol. The first-order valence-electron chi connectivity index (χ1n) is 5.76. The number of aryl methyl sites for hydroxylation is 1. The molecule has 0 saturated carbocycles. The summed E-state index contributed by atoms with van der Waals surface area (Å²) in [5, 5.41) is 15.5. The number of nitrogens with one attached hydrogen (secondary N) is 2. The van der Waals surface area contributed by atoms with Gasteiger partial charge in [0.2, 0.25) is 0 Å². The fourth-order valence-corrected chi connectivity index (χ4v) is 1.86. The molecule has 2 heterocycles. The molecule has 0 aliphatic carbocycles. The van der Waals surface area contributed by atoms with E-state index < -0.39 is 0 Å². The van der Waals surface area contributed by atoms with Gasteiger partial charge in [0.1, 0.15) is 0 Å². The van der Waals surface area contributed by atoms with E-state index in [1.807, 2.05) is 6.92 Å². The van der Waals surface area contributed by atoms with Gasteiger partial charge in [-0.3, -0.25) is 9.78 Å². The van der Waals surface area contributed by atoms with E-state index in [-0.39, 0.29) is 42.7 Å². The van der Waals surface area contributed by atoms with Crippen LogP contribution in [0.5, 0.6) is 0 Å². The second kappa shape index (κ2) is 8.32. The standard InChI is InChI=1S/C12H17N3O2.2ClH/c1-8-2-3-9(5-14-8)12(17)15-6-10-4-13-7-11(10)16;;/h2-3,5,10-11,13,16H,4,6-7H2,1H3,(H,15,17);2*1H. The van der Waals surface area contributed by atoms with Crippen LogP contribution in [-0.4, -0.2) is 41.7 Å². The van der Waals surface area contributed by atoms with Crippen LogP contribution in [0.2, 0.25) is 0 Å². The van der Waals surface area contributed by atoms with Gasteiger partial charge in [-0.15, -0.1) is 24.8 Å². The number of hydrogen-bond acceptors (Lipinski definition) is 4. The van der Waals surface area contributed by atoms with Crippen LogP contribution >= 0.6 is 24.8 Å². The van der Waals surface area contributed by atoms with E-state index >= 15 is 0 Å². The molecule has 1 aliphatic heterocycles. The number of aromatic nitrogens is 1. The van der Waals surface area contributed by atoms with Crippen LogP contribution in [-0.2, 0) is 0 Å². The maximum Gasteiger partial charge on any atom is 0.252 e. The average molecular weight is 308 g/mol. The molecule has 1 aromatic rings. The summed E-state index contributed by atoms with van der Waals surface area (Å²) in [6.07, 6.45) is 1.19. The van der Waals surface area contributed by atoms with Crippen molar-refractivity contribution in [2.75, 3.05) is 19.6 Å². The first-order chi connectivity index (χ1) is 8.16. The molecule has 1 amide bonds. The molecular weight excluding hydrogens is 289 g/mol. The topological polar surface area (TPSA) is 74.2 Å². The Morgan fingerprint density at radius 2 is 2.21 bits per heavy atom. The van der Waals surface area contributed by atoms with Gasteiger partial charge in [0, 0.05) is 37.4 Å². The molecule has 0 aromatic carbocycles. The average Bonchev–Trinajstić information content (AvgIpc) is 2.73. The molecule has 1 saturated heterocycles. The smallest absolute Gasteiger partial charge is 0.252 e. The second-order valence-electron chi connectivity index (χ2n) is 4.38. The van der Waals surface area contributed by atoms with Gasteiger partial charge in [0.25, 0.3) is 5.91 Å². The number of aliphatic hydroxyl groups is 1. The monoisotopic (exact) mass is 307 g/mol. The third-order valence-corrected chi connectivity index (χ3v) is 3.00. The summed E-state index contributed by atoms with van der Waals surface area (Å²) >= 11 is 0. The van der Waals surface area contributed by atoms with E-state index in [0.29, 0.717) is 18.7 Å². The minimum absolute atomic E-state index is 0. The Kier molecular flexibility index (Phi) is 7.94. The van der Waals surface area contributed by atoms with Gasteiger partial charge in [0.15, 0.2) is 0 Å². The van der Waals surface area contributed by atoms with Gasteiger partial charge >= 0.3 is 0 Å². The fourth-order valence-electron chi connectivity index (χ4n) is 1.86. The number of rotatable bonds is 3. The van der Waals surface area contributed by atoms with Gasteiger partial charge in [0.05, 0.1) is 11.7 Å². The fraction of sp³-hybridized carbons (Fsp3) is 0.500. The lowest BCUT2D eigenvalue weighted by molar-refractivity contribution is 0.0926. The maximum atomic E-state index is 11.8. The van der Waals surface area contributed by atoms with E-state index in [9.17, 15) is 9.90 Å². The van der Waals surface area contributed by atoms with Gasteiger partial charge < -0.3 is 15.7 Å². The highest BCUT2D eigenvalue weighted by atomic mass is 35.5. The number of carbonyl (C=O) groups is 1. The molecule has 2 atom stereocenters. The minimum Gasteiger partial charge on any atom is -0.391 e. The summed E-state index contributed by atoms with van der Waals surface area (Å²) < 4.78 is 0. The number of nitrogens with zero attached hydrogens (tertiary/aromatic N) is 1. The Hall–Kier alpha value is -0.880. The molecule has 19 heavy (non-hydrogen) atoms. The van der Waals surface area contributed by atoms with E-state index in [0.717, 1.165) is 12.2 Å². The van der Waals surface area contributed by atoms with E-state index in [1.54, 1.807) is 18.3 Å². The minimum atomic E-state index is -0.369. The SMILES string of the molecule is Cc1ccc(C(=O)NCC2CNCC2O)cn1.Cl.Cl. The molecular formula is C12H19Cl2N3O2. The normalized spacial score (nSPS) is 21.2. The van der Waals surface area contributed by atoms with Crippen molar-refractivity contribution in [1.29, 1.82) is 0 Å². The van der Waals surface area contributed by atoms with Gasteiger partial charge in [-0.1, -0.05) is 0 Å². The molecule has 108 valence electrons. The van der Waals surface area contributed by atoms with Crippen LogP contribution in [0, 0.1) is 12.8 Å². The first kappa shape index (κ1) is 18.1. The number of hydrogen-bond donors (Lipinski definition) is 3. The molecule has 3 N–H and O–H groups in total. The lowest BCUT2D eigenvalue weighted by Gasteiger charge is -2.13. The zero-order valence-electron chi connectivity index (χ0n) is 10.6. The molecule has 2 rings (SSSR count). The summed E-state index contributed by atoms with van der Waals surface area (Å²) in [4.78, 5) is 15.8. The van der Waals surface area contributed by atoms with Crippen LogP contribution in [0.25, 0.3) is 0 Å². The van der Waals surface area contributed by atoms with Crippen molar-refractivity contribution in [2.24, 2.45) is 5.92 Å².